The van der Waals surface area contributed by atoms with E-state index in [1.54, 1.807) is 0 Å². The molecule has 0 radical (unpaired) electrons. The van der Waals surface area contributed by atoms with Gasteiger partial charge >= 0.3 is 0 Å². The first-order chi connectivity index (χ1) is 7.95. The Morgan fingerprint density at radius 3 is 2.59 bits per heavy atom. The van der Waals surface area contributed by atoms with Crippen LogP contribution in [0.5, 0.6) is 0 Å². The third-order valence-electron chi connectivity index (χ3n) is 3.93. The molecule has 0 amide bonds. The van der Waals surface area contributed by atoms with Crippen molar-refractivity contribution in [2.45, 2.75) is 59.9 Å². The number of hydrogen-bond donors (Lipinski definition) is 1. The van der Waals surface area contributed by atoms with Crippen molar-refractivity contribution in [3.05, 3.63) is 11.8 Å². The molecule has 0 aromatic rings. The fourth-order valence-electron chi connectivity index (χ4n) is 2.16. The van der Waals surface area contributed by atoms with Crippen LogP contribution in [0.2, 0.25) is 0 Å². The maximum atomic E-state index is 5.47. The second-order valence-electron chi connectivity index (χ2n) is 6.28. The summed E-state index contributed by atoms with van der Waals surface area (Å²) < 4.78 is 5.47. The average Bonchev–Trinajstić information content (AvgIpc) is 2.28. The van der Waals surface area contributed by atoms with Gasteiger partial charge in [0.1, 0.15) is 0 Å². The Hall–Kier alpha value is -0.500. The number of likely N-dealkylation sites (N-methyl/N-ethyl adjacent to an activating group) is 1. The number of ether oxygens (including phenoxy) is 1. The van der Waals surface area contributed by atoms with E-state index in [0.29, 0.717) is 17.4 Å². The SMILES string of the molecule is CCNC(CC(C)C(C)(C)C)C1=COCCC1. The van der Waals surface area contributed by atoms with Gasteiger partial charge in [0.2, 0.25) is 0 Å². The van der Waals surface area contributed by atoms with Crippen LogP contribution in [-0.4, -0.2) is 19.2 Å². The lowest BCUT2D eigenvalue weighted by atomic mass is 9.77. The summed E-state index contributed by atoms with van der Waals surface area (Å²) >= 11 is 0. The molecule has 1 aliphatic heterocycles. The maximum Gasteiger partial charge on any atom is 0.0876 e. The Morgan fingerprint density at radius 1 is 1.41 bits per heavy atom. The third kappa shape index (κ3) is 4.71. The summed E-state index contributed by atoms with van der Waals surface area (Å²) in [5, 5.41) is 3.61. The molecule has 0 aromatic heterocycles. The van der Waals surface area contributed by atoms with Gasteiger partial charge in [-0.3, -0.25) is 0 Å². The number of nitrogens with one attached hydrogen (secondary N) is 1. The normalized spacial score (nSPS) is 20.4. The lowest BCUT2D eigenvalue weighted by Crippen LogP contribution is -2.35. The third-order valence-corrected chi connectivity index (χ3v) is 3.93. The minimum absolute atomic E-state index is 0.379. The largest absolute Gasteiger partial charge is 0.501 e. The van der Waals surface area contributed by atoms with E-state index in [4.69, 9.17) is 4.74 Å². The summed E-state index contributed by atoms with van der Waals surface area (Å²) in [6.07, 6.45) is 5.55. The quantitative estimate of drug-likeness (QED) is 0.789. The first-order valence-corrected chi connectivity index (χ1v) is 6.99. The van der Waals surface area contributed by atoms with Gasteiger partial charge < -0.3 is 10.1 Å². The van der Waals surface area contributed by atoms with Gasteiger partial charge in [0, 0.05) is 6.04 Å². The predicted octanol–water partition coefficient (Wildman–Crippen LogP) is 3.73. The number of rotatable bonds is 5. The van der Waals surface area contributed by atoms with Crippen LogP contribution in [0.3, 0.4) is 0 Å². The lowest BCUT2D eigenvalue weighted by molar-refractivity contribution is 0.203. The molecule has 0 fully saturated rings. The van der Waals surface area contributed by atoms with Crippen molar-refractivity contribution in [3.8, 4) is 0 Å². The van der Waals surface area contributed by atoms with E-state index in [1.807, 2.05) is 6.26 Å². The Morgan fingerprint density at radius 2 is 2.12 bits per heavy atom. The van der Waals surface area contributed by atoms with E-state index in [1.165, 1.54) is 18.4 Å². The van der Waals surface area contributed by atoms with Crippen molar-refractivity contribution in [1.29, 1.82) is 0 Å². The van der Waals surface area contributed by atoms with E-state index >= 15 is 0 Å². The fourth-order valence-corrected chi connectivity index (χ4v) is 2.16. The number of hydrogen-bond acceptors (Lipinski definition) is 2. The van der Waals surface area contributed by atoms with Gasteiger partial charge in [-0.15, -0.1) is 0 Å². The molecular formula is C15H29NO. The molecular weight excluding hydrogens is 210 g/mol. The van der Waals surface area contributed by atoms with Crippen LogP contribution in [0, 0.1) is 11.3 Å². The standard InChI is InChI=1S/C15H29NO/c1-6-16-14(10-12(2)15(3,4)5)13-8-7-9-17-11-13/h11-12,14,16H,6-10H2,1-5H3. The van der Waals surface area contributed by atoms with Crippen LogP contribution < -0.4 is 5.32 Å². The van der Waals surface area contributed by atoms with Crippen LogP contribution in [0.15, 0.2) is 11.8 Å². The van der Waals surface area contributed by atoms with Crippen molar-refractivity contribution in [2.24, 2.45) is 11.3 Å². The van der Waals surface area contributed by atoms with Crippen molar-refractivity contribution in [1.82, 2.24) is 5.32 Å². The van der Waals surface area contributed by atoms with Crippen LogP contribution in [0.25, 0.3) is 0 Å². The van der Waals surface area contributed by atoms with Gasteiger partial charge in [-0.2, -0.15) is 0 Å². The van der Waals surface area contributed by atoms with E-state index in [2.05, 4.69) is 39.9 Å². The molecule has 17 heavy (non-hydrogen) atoms. The molecule has 2 heteroatoms. The molecule has 0 saturated carbocycles. The molecule has 1 aliphatic rings. The highest BCUT2D eigenvalue weighted by Crippen LogP contribution is 2.31. The van der Waals surface area contributed by atoms with Crippen LogP contribution >= 0.6 is 0 Å². The molecule has 2 atom stereocenters. The molecule has 1 N–H and O–H groups in total. The van der Waals surface area contributed by atoms with Crippen LogP contribution in [-0.2, 0) is 4.74 Å². The summed E-state index contributed by atoms with van der Waals surface area (Å²) in [6.45, 7) is 13.4. The summed E-state index contributed by atoms with van der Waals surface area (Å²) in [4.78, 5) is 0. The van der Waals surface area contributed by atoms with Crippen molar-refractivity contribution in [3.63, 3.8) is 0 Å². The Kier molecular flexibility index (Phi) is 5.51. The Balaban J connectivity index is 2.62. The van der Waals surface area contributed by atoms with E-state index in [-0.39, 0.29) is 0 Å². The van der Waals surface area contributed by atoms with Gasteiger partial charge in [0.15, 0.2) is 0 Å². The van der Waals surface area contributed by atoms with E-state index in [0.717, 1.165) is 19.6 Å². The van der Waals surface area contributed by atoms with Crippen LogP contribution in [0.1, 0.15) is 53.9 Å². The monoisotopic (exact) mass is 239 g/mol. The molecule has 0 saturated heterocycles. The molecule has 0 spiro atoms. The smallest absolute Gasteiger partial charge is 0.0876 e. The van der Waals surface area contributed by atoms with Gasteiger partial charge in [-0.1, -0.05) is 34.6 Å². The predicted molar refractivity (Wildman–Crippen MR) is 74.0 cm³/mol. The zero-order valence-corrected chi connectivity index (χ0v) is 12.2. The van der Waals surface area contributed by atoms with Crippen LogP contribution in [0.4, 0.5) is 0 Å². The molecule has 2 unspecified atom stereocenters. The molecule has 1 heterocycles. The van der Waals surface area contributed by atoms with Gasteiger partial charge in [-0.25, -0.2) is 0 Å². The highest BCUT2D eigenvalue weighted by Gasteiger charge is 2.25. The zero-order chi connectivity index (χ0) is 12.9. The van der Waals surface area contributed by atoms with Gasteiger partial charge in [0.05, 0.1) is 12.9 Å². The van der Waals surface area contributed by atoms with Crippen molar-refractivity contribution in [2.75, 3.05) is 13.2 Å². The minimum atomic E-state index is 0.379. The second kappa shape index (κ2) is 6.44. The molecule has 0 bridgehead atoms. The molecule has 0 aliphatic carbocycles. The topological polar surface area (TPSA) is 21.3 Å². The fraction of sp³-hybridized carbons (Fsp3) is 0.867. The maximum absolute atomic E-state index is 5.47. The molecule has 1 rings (SSSR count). The van der Waals surface area contributed by atoms with E-state index in [9.17, 15) is 0 Å². The average molecular weight is 239 g/mol. The minimum Gasteiger partial charge on any atom is -0.501 e. The second-order valence-corrected chi connectivity index (χ2v) is 6.28. The highest BCUT2D eigenvalue weighted by atomic mass is 16.5. The van der Waals surface area contributed by atoms with Crippen molar-refractivity contribution < 1.29 is 4.74 Å². The summed E-state index contributed by atoms with van der Waals surface area (Å²) in [5.74, 6) is 0.703. The van der Waals surface area contributed by atoms with E-state index < -0.39 is 0 Å². The first kappa shape index (κ1) is 14.6. The Labute approximate surface area is 107 Å². The highest BCUT2D eigenvalue weighted by molar-refractivity contribution is 5.10. The summed E-state index contributed by atoms with van der Waals surface area (Å²) in [5.41, 5.74) is 1.83. The lowest BCUT2D eigenvalue weighted by Gasteiger charge is -2.33. The van der Waals surface area contributed by atoms with Gasteiger partial charge in [-0.05, 0) is 42.7 Å². The Bertz CT molecular complexity index is 252. The summed E-state index contributed by atoms with van der Waals surface area (Å²) in [6, 6.07) is 0.495. The molecule has 0 aromatic carbocycles. The molecule has 2 nitrogen and oxygen atoms in total. The van der Waals surface area contributed by atoms with Gasteiger partial charge in [0.25, 0.3) is 0 Å². The summed E-state index contributed by atoms with van der Waals surface area (Å²) in [7, 11) is 0. The molecule has 100 valence electrons. The first-order valence-electron chi connectivity index (χ1n) is 6.99. The van der Waals surface area contributed by atoms with Crippen molar-refractivity contribution >= 4 is 0 Å². The zero-order valence-electron chi connectivity index (χ0n) is 12.2.